The van der Waals surface area contributed by atoms with E-state index in [0.29, 0.717) is 5.02 Å². The molecule has 4 nitrogen and oxygen atoms in total. The standard InChI is InChI=1S/C18H18ClN3O/c19-14-5-7-15(8-6-14)22-18(23)12-20-10-9-13-11-21-17-4-2-1-3-16(13)17/h1-8,11,20-21H,9-10,12H2,(H,22,23). The molecule has 1 amide bonds. The zero-order chi connectivity index (χ0) is 16.1. The molecule has 0 saturated heterocycles. The highest BCUT2D eigenvalue weighted by atomic mass is 35.5. The Labute approximate surface area is 139 Å². The van der Waals surface area contributed by atoms with E-state index in [2.05, 4.69) is 27.8 Å². The van der Waals surface area contributed by atoms with Gasteiger partial charge >= 0.3 is 0 Å². The number of anilines is 1. The number of nitrogens with one attached hydrogen (secondary N) is 3. The summed E-state index contributed by atoms with van der Waals surface area (Å²) in [6, 6.07) is 15.3. The van der Waals surface area contributed by atoms with Crippen LogP contribution in [0.1, 0.15) is 5.56 Å². The van der Waals surface area contributed by atoms with E-state index in [-0.39, 0.29) is 12.5 Å². The van der Waals surface area contributed by atoms with Crippen molar-refractivity contribution in [3.63, 3.8) is 0 Å². The van der Waals surface area contributed by atoms with Crippen LogP contribution in [0.15, 0.2) is 54.7 Å². The SMILES string of the molecule is O=C(CNCCc1c[nH]c2ccccc12)Nc1ccc(Cl)cc1. The van der Waals surface area contributed by atoms with Crippen LogP contribution in [0.2, 0.25) is 5.02 Å². The van der Waals surface area contributed by atoms with E-state index in [0.717, 1.165) is 24.2 Å². The number of H-pyrrole nitrogens is 1. The Morgan fingerprint density at radius 1 is 1.09 bits per heavy atom. The van der Waals surface area contributed by atoms with Crippen molar-refractivity contribution in [2.75, 3.05) is 18.4 Å². The van der Waals surface area contributed by atoms with E-state index in [4.69, 9.17) is 11.6 Å². The van der Waals surface area contributed by atoms with Crippen molar-refractivity contribution >= 4 is 34.1 Å². The molecule has 2 aromatic carbocycles. The summed E-state index contributed by atoms with van der Waals surface area (Å²) in [5.74, 6) is -0.0637. The number of benzene rings is 2. The lowest BCUT2D eigenvalue weighted by Gasteiger charge is -2.06. The summed E-state index contributed by atoms with van der Waals surface area (Å²) in [5.41, 5.74) is 3.15. The second-order valence-electron chi connectivity index (χ2n) is 5.34. The number of rotatable bonds is 6. The van der Waals surface area contributed by atoms with Gasteiger partial charge in [-0.05, 0) is 48.9 Å². The molecule has 0 aliphatic rings. The first-order valence-corrected chi connectivity index (χ1v) is 7.91. The molecule has 0 unspecified atom stereocenters. The summed E-state index contributed by atoms with van der Waals surface area (Å²) in [6.45, 7) is 1.03. The van der Waals surface area contributed by atoms with Crippen LogP contribution in [0, 0.1) is 0 Å². The molecular formula is C18H18ClN3O. The highest BCUT2D eigenvalue weighted by molar-refractivity contribution is 6.30. The predicted octanol–water partition coefficient (Wildman–Crippen LogP) is 3.59. The molecule has 0 spiro atoms. The number of para-hydroxylation sites is 1. The molecule has 1 aromatic heterocycles. The van der Waals surface area contributed by atoms with Crippen molar-refractivity contribution < 1.29 is 4.79 Å². The van der Waals surface area contributed by atoms with Crippen molar-refractivity contribution in [1.29, 1.82) is 0 Å². The number of amides is 1. The van der Waals surface area contributed by atoms with Gasteiger partial charge in [0, 0.05) is 27.8 Å². The number of carbonyl (C=O) groups is 1. The molecule has 3 rings (SSSR count). The third kappa shape index (κ3) is 4.12. The normalized spacial score (nSPS) is 10.8. The lowest BCUT2D eigenvalue weighted by Crippen LogP contribution is -2.29. The van der Waals surface area contributed by atoms with Crippen molar-refractivity contribution in [3.05, 3.63) is 65.3 Å². The molecule has 0 aliphatic carbocycles. The van der Waals surface area contributed by atoms with Gasteiger partial charge in [0.25, 0.3) is 0 Å². The van der Waals surface area contributed by atoms with E-state index in [1.165, 1.54) is 10.9 Å². The number of aromatic nitrogens is 1. The largest absolute Gasteiger partial charge is 0.361 e. The first-order chi connectivity index (χ1) is 11.2. The number of fused-ring (bicyclic) bond motifs is 1. The Kier molecular flexibility index (Phi) is 4.95. The van der Waals surface area contributed by atoms with Gasteiger partial charge in [-0.2, -0.15) is 0 Å². The van der Waals surface area contributed by atoms with Crippen LogP contribution in [0.3, 0.4) is 0 Å². The first-order valence-electron chi connectivity index (χ1n) is 7.53. The van der Waals surface area contributed by atoms with Crippen LogP contribution in [0.25, 0.3) is 10.9 Å². The van der Waals surface area contributed by atoms with Crippen LogP contribution >= 0.6 is 11.6 Å². The lowest BCUT2D eigenvalue weighted by molar-refractivity contribution is -0.115. The molecular weight excluding hydrogens is 310 g/mol. The second-order valence-corrected chi connectivity index (χ2v) is 5.78. The molecule has 3 aromatic rings. The van der Waals surface area contributed by atoms with Crippen molar-refractivity contribution in [2.24, 2.45) is 0 Å². The minimum Gasteiger partial charge on any atom is -0.361 e. The average molecular weight is 328 g/mol. The summed E-state index contributed by atoms with van der Waals surface area (Å²) in [5, 5.41) is 7.88. The molecule has 0 fully saturated rings. The summed E-state index contributed by atoms with van der Waals surface area (Å²) >= 11 is 5.81. The molecule has 0 saturated carbocycles. The van der Waals surface area contributed by atoms with E-state index in [9.17, 15) is 4.79 Å². The van der Waals surface area contributed by atoms with Gasteiger partial charge in [-0.3, -0.25) is 4.79 Å². The van der Waals surface area contributed by atoms with E-state index in [1.807, 2.05) is 18.3 Å². The highest BCUT2D eigenvalue weighted by Gasteiger charge is 2.04. The molecule has 1 heterocycles. The van der Waals surface area contributed by atoms with Crippen molar-refractivity contribution in [2.45, 2.75) is 6.42 Å². The van der Waals surface area contributed by atoms with Gasteiger partial charge < -0.3 is 15.6 Å². The Morgan fingerprint density at radius 2 is 1.87 bits per heavy atom. The summed E-state index contributed by atoms with van der Waals surface area (Å²) in [4.78, 5) is 15.1. The fraction of sp³-hybridized carbons (Fsp3) is 0.167. The average Bonchev–Trinajstić information content (AvgIpc) is 2.97. The van der Waals surface area contributed by atoms with Gasteiger partial charge in [-0.15, -0.1) is 0 Å². The number of hydrogen-bond donors (Lipinski definition) is 3. The minimum atomic E-state index is -0.0637. The summed E-state index contributed by atoms with van der Waals surface area (Å²) < 4.78 is 0. The first kappa shape index (κ1) is 15.6. The van der Waals surface area contributed by atoms with Crippen LogP contribution in [-0.2, 0) is 11.2 Å². The van der Waals surface area contributed by atoms with Gasteiger partial charge in [-0.25, -0.2) is 0 Å². The quantitative estimate of drug-likeness (QED) is 0.606. The third-order valence-corrected chi connectivity index (χ3v) is 3.91. The van der Waals surface area contributed by atoms with Crippen molar-refractivity contribution in [1.82, 2.24) is 10.3 Å². The Bertz CT molecular complexity index is 795. The molecule has 3 N–H and O–H groups in total. The van der Waals surface area contributed by atoms with Crippen LogP contribution < -0.4 is 10.6 Å². The zero-order valence-electron chi connectivity index (χ0n) is 12.6. The molecule has 23 heavy (non-hydrogen) atoms. The fourth-order valence-electron chi connectivity index (χ4n) is 2.50. The van der Waals surface area contributed by atoms with Gasteiger partial charge in [0.2, 0.25) is 5.91 Å². The van der Waals surface area contributed by atoms with Gasteiger partial charge in [-0.1, -0.05) is 29.8 Å². The van der Waals surface area contributed by atoms with Crippen molar-refractivity contribution in [3.8, 4) is 0 Å². The fourth-order valence-corrected chi connectivity index (χ4v) is 2.63. The number of hydrogen-bond acceptors (Lipinski definition) is 2. The van der Waals surface area contributed by atoms with Gasteiger partial charge in [0.1, 0.15) is 0 Å². The lowest BCUT2D eigenvalue weighted by atomic mass is 10.1. The number of aromatic amines is 1. The maximum atomic E-state index is 11.9. The van der Waals surface area contributed by atoms with E-state index < -0.39 is 0 Å². The maximum absolute atomic E-state index is 11.9. The topological polar surface area (TPSA) is 56.9 Å². The van der Waals surface area contributed by atoms with Gasteiger partial charge in [0.15, 0.2) is 0 Å². The second kappa shape index (κ2) is 7.31. The molecule has 0 radical (unpaired) electrons. The summed E-state index contributed by atoms with van der Waals surface area (Å²) in [7, 11) is 0. The summed E-state index contributed by atoms with van der Waals surface area (Å²) in [6.07, 6.45) is 2.90. The molecule has 118 valence electrons. The number of carbonyl (C=O) groups excluding carboxylic acids is 1. The molecule has 0 aliphatic heterocycles. The smallest absolute Gasteiger partial charge is 0.238 e. The van der Waals surface area contributed by atoms with Crippen LogP contribution in [0.5, 0.6) is 0 Å². The van der Waals surface area contributed by atoms with E-state index in [1.54, 1.807) is 24.3 Å². The maximum Gasteiger partial charge on any atom is 0.238 e. The number of halogens is 1. The minimum absolute atomic E-state index is 0.0637. The molecule has 0 atom stereocenters. The van der Waals surface area contributed by atoms with E-state index >= 15 is 0 Å². The van der Waals surface area contributed by atoms with Gasteiger partial charge in [0.05, 0.1) is 6.54 Å². The molecule has 0 bridgehead atoms. The zero-order valence-corrected chi connectivity index (χ0v) is 13.4. The Morgan fingerprint density at radius 3 is 2.70 bits per heavy atom. The molecule has 5 heteroatoms. The predicted molar refractivity (Wildman–Crippen MR) is 95.0 cm³/mol. The van der Waals surface area contributed by atoms with Crippen LogP contribution in [0.4, 0.5) is 5.69 Å². The highest BCUT2D eigenvalue weighted by Crippen LogP contribution is 2.17. The Balaban J connectivity index is 1.44. The Hall–Kier alpha value is -2.30. The van der Waals surface area contributed by atoms with Crippen LogP contribution in [-0.4, -0.2) is 24.0 Å². The third-order valence-electron chi connectivity index (χ3n) is 3.66. The monoisotopic (exact) mass is 327 g/mol.